The molecule has 1 heterocycles. The summed E-state index contributed by atoms with van der Waals surface area (Å²) >= 11 is 6.86. The molecule has 384 valence electrons. The van der Waals surface area contributed by atoms with Gasteiger partial charge >= 0.3 is 20.8 Å². The summed E-state index contributed by atoms with van der Waals surface area (Å²) in [5.74, 6) is -2.15. The lowest BCUT2D eigenvalue weighted by molar-refractivity contribution is -0.432. The van der Waals surface area contributed by atoms with E-state index in [-0.39, 0.29) is 54.2 Å². The molecule has 71 heavy (non-hydrogen) atoms. The summed E-state index contributed by atoms with van der Waals surface area (Å²) in [5.41, 5.74) is 9.90. The first-order valence-corrected chi connectivity index (χ1v) is 27.4. The number of hydrogen-bond donors (Lipinski definition) is 9. The number of anilines is 6. The largest absolute Gasteiger partial charge is 0.397 e. The van der Waals surface area contributed by atoms with Crippen molar-refractivity contribution in [3.8, 4) is 0 Å². The van der Waals surface area contributed by atoms with Gasteiger partial charge < -0.3 is 22.1 Å². The summed E-state index contributed by atoms with van der Waals surface area (Å²) in [6.45, 7) is -1.75. The van der Waals surface area contributed by atoms with Crippen molar-refractivity contribution < 1.29 is 93.4 Å². The molecule has 0 radical (unpaired) electrons. The third-order valence-corrected chi connectivity index (χ3v) is 14.8. The van der Waals surface area contributed by atoms with Gasteiger partial charge in [0.2, 0.25) is 17.2 Å². The Kier molecular flexibility index (Phi) is 19.0. The van der Waals surface area contributed by atoms with Gasteiger partial charge in [-0.1, -0.05) is 10.1 Å². The van der Waals surface area contributed by atoms with Crippen molar-refractivity contribution in [2.75, 3.05) is 46.8 Å². The lowest BCUT2D eigenvalue weighted by atomic mass is 10.2. The monoisotopic (exact) mass is 1150 g/mol. The van der Waals surface area contributed by atoms with Crippen LogP contribution < -0.4 is 22.1 Å². The zero-order chi connectivity index (χ0) is 52.4. The molecule has 0 bridgehead atoms. The molecule has 1 aromatic heterocycles. The predicted molar refractivity (Wildman–Crippen MR) is 245 cm³/mol. The molecule has 0 aliphatic heterocycles. The van der Waals surface area contributed by atoms with E-state index in [0.717, 1.165) is 42.5 Å². The minimum Gasteiger partial charge on any atom is -0.396 e. The quantitative estimate of drug-likeness (QED) is 0.00894. The van der Waals surface area contributed by atoms with Gasteiger partial charge in [-0.3, -0.25) is 13.7 Å². The van der Waals surface area contributed by atoms with E-state index in [1.807, 2.05) is 0 Å². The van der Waals surface area contributed by atoms with Gasteiger partial charge in [0, 0.05) is 5.69 Å². The van der Waals surface area contributed by atoms with E-state index in [1.165, 1.54) is 24.3 Å². The van der Waals surface area contributed by atoms with Gasteiger partial charge in [0.05, 0.1) is 91.1 Å². The van der Waals surface area contributed by atoms with E-state index in [2.05, 4.69) is 73.2 Å². The van der Waals surface area contributed by atoms with Crippen LogP contribution in [0.25, 0.3) is 0 Å². The Morgan fingerprint density at radius 2 is 1.11 bits per heavy atom. The Balaban J connectivity index is 1.48. The molecule has 0 spiro atoms. The average molecular weight is 1150 g/mol. The van der Waals surface area contributed by atoms with Gasteiger partial charge in [-0.05, 0) is 78.3 Å². The van der Waals surface area contributed by atoms with Crippen LogP contribution in [0, 0.1) is 0 Å². The second-order valence-electron chi connectivity index (χ2n) is 12.9. The molecule has 0 saturated heterocycles. The highest BCUT2D eigenvalue weighted by molar-refractivity contribution is 7.95. The summed E-state index contributed by atoms with van der Waals surface area (Å²) in [7, 11) is -23.1. The molecule has 0 saturated carbocycles. The molecule has 40 heteroatoms. The molecule has 0 amide bonds. The van der Waals surface area contributed by atoms with Crippen LogP contribution in [0.2, 0.25) is 5.28 Å². The van der Waals surface area contributed by atoms with Gasteiger partial charge in [0.15, 0.2) is 19.7 Å². The minimum absolute atomic E-state index is 0.00650. The smallest absolute Gasteiger partial charge is 0.396 e. The highest BCUT2D eigenvalue weighted by Gasteiger charge is 2.24. The normalized spacial score (nSPS) is 12.8. The standard InChI is InChI=1S/C31H30ClN11O21S7/c32-29-37-30(35-16-1-5-18(6-2-16)67(46,47)11-9-59-70(53,54)55)39-31(38-29)36-20-13-21(24(66-64-62-45)15-23(20)65-63-61-44)41-42-22-14-25(69(50,51)52)27(34)28(26(22)33)43-40-17-3-7-19(8-4-17)68(48,49)12-10-60-71(56,57)58/h1-8,13-15,44-45H,9-12,33-34H2,(H,50,51,52)(H,53,54,55)(H,56,57,58)(H2,35,36,37,38,39). The van der Waals surface area contributed by atoms with E-state index < -0.39 is 108 Å². The number of nitrogens with two attached hydrogens (primary N) is 2. The van der Waals surface area contributed by atoms with Gasteiger partial charge in [-0.15, -0.1) is 24.0 Å². The summed E-state index contributed by atoms with van der Waals surface area (Å²) in [6.07, 6.45) is 0. The Hall–Kier alpha value is -5.41. The van der Waals surface area contributed by atoms with E-state index in [0.29, 0.717) is 24.1 Å². The number of nitrogens with one attached hydrogen (secondary N) is 2. The number of azo groups is 2. The number of rotatable bonds is 25. The molecular weight excluding hydrogens is 1120 g/mol. The zero-order valence-corrected chi connectivity index (χ0v) is 40.9. The van der Waals surface area contributed by atoms with E-state index in [9.17, 15) is 46.6 Å². The Morgan fingerprint density at radius 1 is 0.606 bits per heavy atom. The molecular formula is C31H30ClN11O21S7. The lowest BCUT2D eigenvalue weighted by Crippen LogP contribution is -2.15. The number of halogens is 1. The van der Waals surface area contributed by atoms with Crippen LogP contribution in [-0.4, -0.2) is 106 Å². The summed E-state index contributed by atoms with van der Waals surface area (Å²) in [4.78, 5) is 10.6. The zero-order valence-electron chi connectivity index (χ0n) is 34.5. The summed E-state index contributed by atoms with van der Waals surface area (Å²) in [5, 5.41) is 46.3. The SMILES string of the molecule is Nc1c(N=Nc2cc(Nc3nc(Cl)nc(Nc4ccc(S(=O)(=O)CCOS(=O)(=O)O)cc4)n3)c(SOOO)cc2SOOO)cc(S(=O)(=O)O)c(N)c1N=Nc1ccc(S(=O)(=O)CCOS(=O)(=O)O)cc1. The fourth-order valence-electron chi connectivity index (χ4n) is 5.16. The minimum atomic E-state index is -5.15. The van der Waals surface area contributed by atoms with Crippen LogP contribution in [0.5, 0.6) is 0 Å². The fraction of sp³-hybridized carbons (Fsp3) is 0.129. The van der Waals surface area contributed by atoms with Crippen molar-refractivity contribution in [1.82, 2.24) is 15.0 Å². The number of aromatic nitrogens is 3. The summed E-state index contributed by atoms with van der Waals surface area (Å²) in [6, 6.07) is 12.4. The first kappa shape index (κ1) is 56.5. The van der Waals surface area contributed by atoms with Crippen molar-refractivity contribution in [3.05, 3.63) is 72.0 Å². The molecule has 0 fully saturated rings. The first-order chi connectivity index (χ1) is 33.2. The molecule has 0 atom stereocenters. The summed E-state index contributed by atoms with van der Waals surface area (Å²) < 4.78 is 163. The van der Waals surface area contributed by atoms with E-state index >= 15 is 0 Å². The number of sulfone groups is 2. The van der Waals surface area contributed by atoms with Crippen LogP contribution in [0.3, 0.4) is 0 Å². The van der Waals surface area contributed by atoms with Crippen molar-refractivity contribution in [2.45, 2.75) is 24.5 Å². The average Bonchev–Trinajstić information content (AvgIpc) is 3.26. The van der Waals surface area contributed by atoms with Crippen LogP contribution in [0.1, 0.15) is 0 Å². The van der Waals surface area contributed by atoms with Crippen molar-refractivity contribution >= 4 is 144 Å². The molecule has 11 N–H and O–H groups in total. The van der Waals surface area contributed by atoms with Gasteiger partial charge in [-0.2, -0.15) is 45.3 Å². The topological polar surface area (TPSA) is 491 Å². The molecule has 4 aromatic carbocycles. The Bertz CT molecular complexity index is 3400. The molecule has 0 aliphatic carbocycles. The molecule has 0 aliphatic rings. The highest BCUT2D eigenvalue weighted by atomic mass is 35.5. The third-order valence-electron chi connectivity index (χ3n) is 8.19. The number of nitrogens with zero attached hydrogens (tertiary/aromatic N) is 7. The molecule has 0 unspecified atom stereocenters. The molecule has 5 rings (SSSR count). The van der Waals surface area contributed by atoms with Gasteiger partial charge in [0.1, 0.15) is 22.0 Å². The van der Waals surface area contributed by atoms with Crippen LogP contribution >= 0.6 is 35.7 Å². The van der Waals surface area contributed by atoms with Crippen molar-refractivity contribution in [2.24, 2.45) is 20.5 Å². The van der Waals surface area contributed by atoms with Crippen LogP contribution in [0.4, 0.5) is 57.4 Å². The van der Waals surface area contributed by atoms with Gasteiger partial charge in [-0.25, -0.2) is 35.7 Å². The Morgan fingerprint density at radius 3 is 1.63 bits per heavy atom. The van der Waals surface area contributed by atoms with E-state index in [4.69, 9.17) is 42.7 Å². The van der Waals surface area contributed by atoms with Crippen LogP contribution in [0.15, 0.2) is 112 Å². The lowest BCUT2D eigenvalue weighted by Gasteiger charge is -2.14. The van der Waals surface area contributed by atoms with Crippen LogP contribution in [-0.2, 0) is 77.7 Å². The second-order valence-corrected chi connectivity index (χ2v) is 22.5. The molecule has 5 aromatic rings. The van der Waals surface area contributed by atoms with E-state index in [1.54, 1.807) is 0 Å². The van der Waals surface area contributed by atoms with Gasteiger partial charge in [0.25, 0.3) is 10.1 Å². The molecule has 32 nitrogen and oxygen atoms in total. The number of benzene rings is 4. The maximum absolute atomic E-state index is 12.6. The second kappa shape index (κ2) is 23.9. The number of nitrogen functional groups attached to an aromatic ring is 2. The number of hydrogen-bond acceptors (Lipinski definition) is 31. The highest BCUT2D eigenvalue weighted by Crippen LogP contribution is 2.45. The van der Waals surface area contributed by atoms with Crippen molar-refractivity contribution in [1.29, 1.82) is 0 Å². The van der Waals surface area contributed by atoms with Crippen molar-refractivity contribution in [3.63, 3.8) is 0 Å². The maximum Gasteiger partial charge on any atom is 0.397 e. The predicted octanol–water partition coefficient (Wildman–Crippen LogP) is 5.30. The fourth-order valence-corrected chi connectivity index (χ4v) is 9.93. The first-order valence-electron chi connectivity index (χ1n) is 18.0. The third kappa shape index (κ3) is 16.8. The Labute approximate surface area is 413 Å². The maximum atomic E-state index is 12.6.